The van der Waals surface area contributed by atoms with E-state index < -0.39 is 10.0 Å². The number of nitrogens with zero attached hydrogens (tertiary/aromatic N) is 1. The summed E-state index contributed by atoms with van der Waals surface area (Å²) < 4.78 is 24.5. The number of sulfonamides is 1. The average molecular weight is 239 g/mol. The van der Waals surface area contributed by atoms with E-state index in [0.717, 1.165) is 5.56 Å². The van der Waals surface area contributed by atoms with Gasteiger partial charge in [-0.2, -0.15) is 4.31 Å². The molecule has 4 heteroatoms. The minimum atomic E-state index is -3.08. The van der Waals surface area contributed by atoms with Crippen molar-refractivity contribution >= 4 is 10.0 Å². The molecule has 0 aliphatic carbocycles. The molecule has 0 atom stereocenters. The lowest BCUT2D eigenvalue weighted by Gasteiger charge is -2.12. The van der Waals surface area contributed by atoms with Crippen LogP contribution in [-0.2, 0) is 23.1 Å². The van der Waals surface area contributed by atoms with Gasteiger partial charge in [0.15, 0.2) is 0 Å². The van der Waals surface area contributed by atoms with Crippen molar-refractivity contribution in [3.63, 3.8) is 0 Å². The zero-order valence-corrected chi connectivity index (χ0v) is 10.7. The molecule has 0 N–H and O–H groups in total. The van der Waals surface area contributed by atoms with Crippen LogP contribution in [0.3, 0.4) is 0 Å². The zero-order chi connectivity index (χ0) is 11.9. The van der Waals surface area contributed by atoms with Gasteiger partial charge >= 0.3 is 0 Å². The molecule has 1 aliphatic rings. The van der Waals surface area contributed by atoms with Crippen LogP contribution < -0.4 is 0 Å². The lowest BCUT2D eigenvalue weighted by molar-refractivity contribution is 0.435. The summed E-state index contributed by atoms with van der Waals surface area (Å²) in [5.41, 5.74) is 3.61. The van der Waals surface area contributed by atoms with Crippen molar-refractivity contribution in [3.8, 4) is 0 Å². The molecule has 1 heterocycles. The Morgan fingerprint density at radius 2 is 1.94 bits per heavy atom. The summed E-state index contributed by atoms with van der Waals surface area (Å²) in [6, 6.07) is 6.13. The molecule has 3 nitrogen and oxygen atoms in total. The molecule has 1 aromatic rings. The highest BCUT2D eigenvalue weighted by Crippen LogP contribution is 2.31. The van der Waals surface area contributed by atoms with Crippen LogP contribution in [-0.4, -0.2) is 19.0 Å². The molecule has 0 amide bonds. The van der Waals surface area contributed by atoms with Crippen molar-refractivity contribution in [1.82, 2.24) is 4.31 Å². The van der Waals surface area contributed by atoms with E-state index in [-0.39, 0.29) is 0 Å². The van der Waals surface area contributed by atoms with Gasteiger partial charge in [-0.25, -0.2) is 8.42 Å². The van der Waals surface area contributed by atoms with Crippen LogP contribution in [0.15, 0.2) is 18.2 Å². The third kappa shape index (κ3) is 1.99. The van der Waals surface area contributed by atoms with Crippen molar-refractivity contribution < 1.29 is 8.42 Å². The van der Waals surface area contributed by atoms with E-state index in [0.29, 0.717) is 19.0 Å². The van der Waals surface area contributed by atoms with Crippen molar-refractivity contribution in [2.24, 2.45) is 0 Å². The number of benzene rings is 1. The Morgan fingerprint density at radius 1 is 1.25 bits per heavy atom. The lowest BCUT2D eigenvalue weighted by atomic mass is 9.95. The summed E-state index contributed by atoms with van der Waals surface area (Å²) in [6.07, 6.45) is 1.27. The molecule has 0 bridgehead atoms. The van der Waals surface area contributed by atoms with Gasteiger partial charge in [0.1, 0.15) is 0 Å². The topological polar surface area (TPSA) is 37.4 Å². The van der Waals surface area contributed by atoms with E-state index in [1.165, 1.54) is 21.7 Å². The monoisotopic (exact) mass is 239 g/mol. The van der Waals surface area contributed by atoms with Gasteiger partial charge in [-0.05, 0) is 22.6 Å². The third-order valence-electron chi connectivity index (χ3n) is 3.08. The Labute approximate surface area is 97.1 Å². The van der Waals surface area contributed by atoms with Gasteiger partial charge in [0.25, 0.3) is 0 Å². The summed E-state index contributed by atoms with van der Waals surface area (Å²) >= 11 is 0. The Kier molecular flexibility index (Phi) is 2.80. The van der Waals surface area contributed by atoms with Crippen molar-refractivity contribution in [1.29, 1.82) is 0 Å². The van der Waals surface area contributed by atoms with Crippen molar-refractivity contribution in [2.45, 2.75) is 32.9 Å². The SMILES string of the molecule is CC(C)c1cccc2c1CN(S(C)(=O)=O)C2. The number of hydrogen-bond acceptors (Lipinski definition) is 2. The van der Waals surface area contributed by atoms with Crippen LogP contribution >= 0.6 is 0 Å². The number of fused-ring (bicyclic) bond motifs is 1. The van der Waals surface area contributed by atoms with E-state index in [1.54, 1.807) is 0 Å². The van der Waals surface area contributed by atoms with E-state index in [9.17, 15) is 8.42 Å². The maximum Gasteiger partial charge on any atom is 0.211 e. The van der Waals surface area contributed by atoms with Gasteiger partial charge in [-0.3, -0.25) is 0 Å². The summed E-state index contributed by atoms with van der Waals surface area (Å²) in [5, 5.41) is 0. The number of rotatable bonds is 2. The Morgan fingerprint density at radius 3 is 2.50 bits per heavy atom. The summed E-state index contributed by atoms with van der Waals surface area (Å²) in [5.74, 6) is 0.439. The molecule has 0 saturated heterocycles. The molecule has 1 aromatic carbocycles. The lowest BCUT2D eigenvalue weighted by Crippen LogP contribution is -2.23. The Balaban J connectivity index is 2.41. The maximum absolute atomic E-state index is 11.5. The van der Waals surface area contributed by atoms with Crippen LogP contribution in [0.25, 0.3) is 0 Å². The van der Waals surface area contributed by atoms with Crippen LogP contribution in [0.2, 0.25) is 0 Å². The molecular weight excluding hydrogens is 222 g/mol. The third-order valence-corrected chi connectivity index (χ3v) is 4.28. The quantitative estimate of drug-likeness (QED) is 0.792. The smallest absolute Gasteiger partial charge is 0.211 e. The summed E-state index contributed by atoms with van der Waals surface area (Å²) in [4.78, 5) is 0. The van der Waals surface area contributed by atoms with Gasteiger partial charge in [-0.15, -0.1) is 0 Å². The second-order valence-corrected chi connectivity index (χ2v) is 6.65. The first kappa shape index (κ1) is 11.6. The van der Waals surface area contributed by atoms with E-state index in [1.807, 2.05) is 12.1 Å². The fraction of sp³-hybridized carbons (Fsp3) is 0.500. The molecule has 0 spiro atoms. The molecule has 0 radical (unpaired) electrons. The van der Waals surface area contributed by atoms with Crippen LogP contribution in [0, 0.1) is 0 Å². The van der Waals surface area contributed by atoms with E-state index in [2.05, 4.69) is 19.9 Å². The molecule has 0 aromatic heterocycles. The standard InChI is InChI=1S/C12H17NO2S/c1-9(2)11-6-4-5-10-7-13(8-12(10)11)16(3,14)15/h4-6,9H,7-8H2,1-3H3. The van der Waals surface area contributed by atoms with Gasteiger partial charge in [-0.1, -0.05) is 32.0 Å². The fourth-order valence-corrected chi connectivity index (χ4v) is 2.93. The predicted molar refractivity (Wildman–Crippen MR) is 64.6 cm³/mol. The fourth-order valence-electron chi connectivity index (χ4n) is 2.19. The largest absolute Gasteiger partial charge is 0.212 e. The molecule has 2 rings (SSSR count). The average Bonchev–Trinajstić information content (AvgIpc) is 2.59. The highest BCUT2D eigenvalue weighted by Gasteiger charge is 2.27. The van der Waals surface area contributed by atoms with Crippen LogP contribution in [0.1, 0.15) is 36.5 Å². The minimum Gasteiger partial charge on any atom is -0.212 e. The molecule has 1 aliphatic heterocycles. The first-order chi connectivity index (χ1) is 7.39. The molecule has 0 unspecified atom stereocenters. The zero-order valence-electron chi connectivity index (χ0n) is 9.90. The van der Waals surface area contributed by atoms with E-state index in [4.69, 9.17) is 0 Å². The highest BCUT2D eigenvalue weighted by molar-refractivity contribution is 7.88. The van der Waals surface area contributed by atoms with Crippen LogP contribution in [0.5, 0.6) is 0 Å². The first-order valence-electron chi connectivity index (χ1n) is 5.45. The Hall–Kier alpha value is -0.870. The molecule has 88 valence electrons. The molecule has 16 heavy (non-hydrogen) atoms. The van der Waals surface area contributed by atoms with Gasteiger partial charge in [0.05, 0.1) is 6.26 Å². The van der Waals surface area contributed by atoms with Gasteiger partial charge in [0, 0.05) is 13.1 Å². The van der Waals surface area contributed by atoms with Crippen molar-refractivity contribution in [2.75, 3.05) is 6.26 Å². The second kappa shape index (κ2) is 3.86. The normalized spacial score (nSPS) is 16.8. The van der Waals surface area contributed by atoms with Crippen molar-refractivity contribution in [3.05, 3.63) is 34.9 Å². The highest BCUT2D eigenvalue weighted by atomic mass is 32.2. The Bertz CT molecular complexity index is 506. The molecule has 0 fully saturated rings. The second-order valence-electron chi connectivity index (χ2n) is 4.67. The van der Waals surface area contributed by atoms with Gasteiger partial charge in [0.2, 0.25) is 10.0 Å². The predicted octanol–water partition coefficient (Wildman–Crippen LogP) is 2.09. The summed E-state index contributed by atoms with van der Waals surface area (Å²) in [7, 11) is -3.08. The molecule has 0 saturated carbocycles. The van der Waals surface area contributed by atoms with Gasteiger partial charge < -0.3 is 0 Å². The number of hydrogen-bond donors (Lipinski definition) is 0. The van der Waals surface area contributed by atoms with Crippen LogP contribution in [0.4, 0.5) is 0 Å². The first-order valence-corrected chi connectivity index (χ1v) is 7.30. The summed E-state index contributed by atoms with van der Waals surface area (Å²) in [6.45, 7) is 5.33. The maximum atomic E-state index is 11.5. The van der Waals surface area contributed by atoms with E-state index >= 15 is 0 Å². The molecular formula is C12H17NO2S. The minimum absolute atomic E-state index is 0.439.